The van der Waals surface area contributed by atoms with Crippen LogP contribution in [0.15, 0.2) is 54.6 Å². The Hall–Kier alpha value is -2.69. The molecule has 3 aromatic rings. The van der Waals surface area contributed by atoms with Crippen molar-refractivity contribution in [1.82, 2.24) is 20.2 Å². The Bertz CT molecular complexity index is 679. The van der Waals surface area contributed by atoms with Gasteiger partial charge in [-0.25, -0.2) is 0 Å². The number of tetrazole rings is 1. The van der Waals surface area contributed by atoms with Crippen LogP contribution in [0.2, 0.25) is 0 Å². The lowest BCUT2D eigenvalue weighted by molar-refractivity contribution is 0.415. The fourth-order valence-electron chi connectivity index (χ4n) is 1.87. The van der Waals surface area contributed by atoms with Crippen molar-refractivity contribution in [3.63, 3.8) is 0 Å². The maximum Gasteiger partial charge on any atom is 0.187 e. The number of hydrogen-bond acceptors (Lipinski definition) is 4. The second kappa shape index (κ2) is 4.89. The van der Waals surface area contributed by atoms with Crippen LogP contribution in [-0.2, 0) is 0 Å². The van der Waals surface area contributed by atoms with Crippen LogP contribution in [-0.4, -0.2) is 27.3 Å². The smallest absolute Gasteiger partial charge is 0.187 e. The summed E-state index contributed by atoms with van der Waals surface area (Å²) in [7, 11) is 1.64. The first kappa shape index (κ1) is 11.4. The minimum Gasteiger partial charge on any atom is -0.497 e. The maximum atomic E-state index is 5.22. The minimum atomic E-state index is 0.685. The van der Waals surface area contributed by atoms with E-state index in [9.17, 15) is 0 Å². The van der Waals surface area contributed by atoms with E-state index in [0.29, 0.717) is 5.82 Å². The summed E-state index contributed by atoms with van der Waals surface area (Å²) in [6, 6.07) is 17.4. The first-order valence-corrected chi connectivity index (χ1v) is 5.87. The molecule has 0 aliphatic carbocycles. The van der Waals surface area contributed by atoms with Crippen molar-refractivity contribution >= 4 is 0 Å². The molecule has 0 spiro atoms. The van der Waals surface area contributed by atoms with E-state index in [4.69, 9.17) is 4.74 Å². The zero-order valence-corrected chi connectivity index (χ0v) is 10.4. The molecule has 0 amide bonds. The molecular weight excluding hydrogens is 240 g/mol. The number of methoxy groups -OCH3 is 1. The number of aromatic nitrogens is 4. The van der Waals surface area contributed by atoms with E-state index in [1.54, 1.807) is 11.8 Å². The molecule has 0 atom stereocenters. The lowest BCUT2D eigenvalue weighted by Gasteiger charge is -2.05. The number of benzene rings is 2. The summed E-state index contributed by atoms with van der Waals surface area (Å²) >= 11 is 0. The molecule has 19 heavy (non-hydrogen) atoms. The van der Waals surface area contributed by atoms with Gasteiger partial charge in [0.2, 0.25) is 0 Å². The van der Waals surface area contributed by atoms with Crippen molar-refractivity contribution in [3.8, 4) is 22.8 Å². The van der Waals surface area contributed by atoms with Crippen molar-refractivity contribution in [2.24, 2.45) is 0 Å². The molecule has 0 unspecified atom stereocenters. The van der Waals surface area contributed by atoms with Crippen molar-refractivity contribution in [2.45, 2.75) is 0 Å². The molecule has 0 radical (unpaired) electrons. The number of hydrogen-bond donors (Lipinski definition) is 0. The Labute approximate surface area is 110 Å². The molecule has 0 bridgehead atoms. The normalized spacial score (nSPS) is 10.4. The van der Waals surface area contributed by atoms with Crippen LogP contribution in [0.5, 0.6) is 5.75 Å². The predicted octanol–water partition coefficient (Wildman–Crippen LogP) is 2.34. The average molecular weight is 252 g/mol. The SMILES string of the molecule is COc1cccc(-c2nnnn2-c2ccccc2)c1. The fourth-order valence-corrected chi connectivity index (χ4v) is 1.87. The highest BCUT2D eigenvalue weighted by Gasteiger charge is 2.10. The summed E-state index contributed by atoms with van der Waals surface area (Å²) < 4.78 is 6.92. The molecule has 2 aromatic carbocycles. The van der Waals surface area contributed by atoms with Crippen molar-refractivity contribution < 1.29 is 4.74 Å². The van der Waals surface area contributed by atoms with Crippen molar-refractivity contribution in [2.75, 3.05) is 7.11 Å². The van der Waals surface area contributed by atoms with E-state index in [2.05, 4.69) is 15.5 Å². The minimum absolute atomic E-state index is 0.685. The molecule has 0 saturated heterocycles. The zero-order valence-electron chi connectivity index (χ0n) is 10.4. The Morgan fingerprint density at radius 3 is 2.63 bits per heavy atom. The van der Waals surface area contributed by atoms with E-state index < -0.39 is 0 Å². The van der Waals surface area contributed by atoms with Crippen LogP contribution in [0.1, 0.15) is 0 Å². The molecule has 5 heteroatoms. The van der Waals surface area contributed by atoms with Crippen LogP contribution < -0.4 is 4.74 Å². The molecule has 94 valence electrons. The van der Waals surface area contributed by atoms with Gasteiger partial charge in [0.15, 0.2) is 5.82 Å². The van der Waals surface area contributed by atoms with Gasteiger partial charge in [-0.05, 0) is 34.7 Å². The van der Waals surface area contributed by atoms with Gasteiger partial charge in [-0.1, -0.05) is 30.3 Å². The van der Waals surface area contributed by atoms with Gasteiger partial charge in [0.1, 0.15) is 5.75 Å². The molecule has 3 rings (SSSR count). The molecular formula is C14H12N4O. The van der Waals surface area contributed by atoms with E-state index in [-0.39, 0.29) is 0 Å². The van der Waals surface area contributed by atoms with E-state index >= 15 is 0 Å². The Morgan fingerprint density at radius 2 is 1.84 bits per heavy atom. The van der Waals surface area contributed by atoms with Gasteiger partial charge < -0.3 is 4.74 Å². The van der Waals surface area contributed by atoms with Crippen LogP contribution in [0.25, 0.3) is 17.1 Å². The largest absolute Gasteiger partial charge is 0.497 e. The number of ether oxygens (including phenoxy) is 1. The molecule has 0 N–H and O–H groups in total. The molecule has 0 fully saturated rings. The highest BCUT2D eigenvalue weighted by molar-refractivity contribution is 5.59. The monoisotopic (exact) mass is 252 g/mol. The van der Waals surface area contributed by atoms with Gasteiger partial charge in [-0.15, -0.1) is 5.10 Å². The van der Waals surface area contributed by atoms with Gasteiger partial charge in [-0.2, -0.15) is 4.68 Å². The van der Waals surface area contributed by atoms with Gasteiger partial charge in [0, 0.05) is 5.56 Å². The number of nitrogens with zero attached hydrogens (tertiary/aromatic N) is 4. The summed E-state index contributed by atoms with van der Waals surface area (Å²) in [5, 5.41) is 11.9. The molecule has 0 aliphatic rings. The third kappa shape index (κ3) is 2.18. The second-order valence-electron chi connectivity index (χ2n) is 3.98. The first-order chi connectivity index (χ1) is 9.38. The van der Waals surface area contributed by atoms with Gasteiger partial charge in [-0.3, -0.25) is 0 Å². The first-order valence-electron chi connectivity index (χ1n) is 5.87. The molecule has 1 aromatic heterocycles. The average Bonchev–Trinajstić information content (AvgIpc) is 2.98. The molecule has 0 saturated carbocycles. The van der Waals surface area contributed by atoms with E-state index in [1.807, 2.05) is 54.6 Å². The van der Waals surface area contributed by atoms with Gasteiger partial charge in [0.05, 0.1) is 12.8 Å². The van der Waals surface area contributed by atoms with E-state index in [0.717, 1.165) is 17.0 Å². The molecule has 5 nitrogen and oxygen atoms in total. The lowest BCUT2D eigenvalue weighted by Crippen LogP contribution is -1.99. The van der Waals surface area contributed by atoms with Crippen LogP contribution in [0.4, 0.5) is 0 Å². The molecule has 1 heterocycles. The summed E-state index contributed by atoms with van der Waals surface area (Å²) in [6.45, 7) is 0. The quantitative estimate of drug-likeness (QED) is 0.718. The predicted molar refractivity (Wildman–Crippen MR) is 71.1 cm³/mol. The highest BCUT2D eigenvalue weighted by Crippen LogP contribution is 2.23. The van der Waals surface area contributed by atoms with Crippen LogP contribution in [0.3, 0.4) is 0 Å². The number of para-hydroxylation sites is 1. The van der Waals surface area contributed by atoms with E-state index in [1.165, 1.54) is 0 Å². The summed E-state index contributed by atoms with van der Waals surface area (Å²) in [5.74, 6) is 1.46. The highest BCUT2D eigenvalue weighted by atomic mass is 16.5. The maximum absolute atomic E-state index is 5.22. The third-order valence-corrected chi connectivity index (χ3v) is 2.80. The Morgan fingerprint density at radius 1 is 1.00 bits per heavy atom. The Balaban J connectivity index is 2.09. The second-order valence-corrected chi connectivity index (χ2v) is 3.98. The number of rotatable bonds is 3. The lowest BCUT2D eigenvalue weighted by atomic mass is 10.2. The third-order valence-electron chi connectivity index (χ3n) is 2.80. The fraction of sp³-hybridized carbons (Fsp3) is 0.0714. The van der Waals surface area contributed by atoms with Gasteiger partial charge >= 0.3 is 0 Å². The summed E-state index contributed by atoms with van der Waals surface area (Å²) in [6.07, 6.45) is 0. The molecule has 0 aliphatic heterocycles. The van der Waals surface area contributed by atoms with Crippen molar-refractivity contribution in [3.05, 3.63) is 54.6 Å². The van der Waals surface area contributed by atoms with Crippen LogP contribution >= 0.6 is 0 Å². The standard InChI is InChI=1S/C14H12N4O/c1-19-13-9-5-6-11(10-13)14-15-16-17-18(14)12-7-3-2-4-8-12/h2-10H,1H3. The van der Waals surface area contributed by atoms with Crippen LogP contribution in [0, 0.1) is 0 Å². The topological polar surface area (TPSA) is 52.8 Å². The van der Waals surface area contributed by atoms with Crippen molar-refractivity contribution in [1.29, 1.82) is 0 Å². The Kier molecular flexibility index (Phi) is 2.94. The summed E-state index contributed by atoms with van der Waals surface area (Å²) in [4.78, 5) is 0. The van der Waals surface area contributed by atoms with Gasteiger partial charge in [0.25, 0.3) is 0 Å². The zero-order chi connectivity index (χ0) is 13.1. The summed E-state index contributed by atoms with van der Waals surface area (Å²) in [5.41, 5.74) is 1.83.